The topological polar surface area (TPSA) is 8.81 Å². The summed E-state index contributed by atoms with van der Waals surface area (Å²) in [4.78, 5) is 0. The van der Waals surface area contributed by atoms with Gasteiger partial charge in [-0.05, 0) is 36.8 Å². The average Bonchev–Trinajstić information content (AvgIpc) is 3.22. The number of rotatable bonds is 2. The summed E-state index contributed by atoms with van der Waals surface area (Å²) < 4.78 is 4.73. The van der Waals surface area contributed by atoms with Crippen molar-refractivity contribution < 1.29 is 4.57 Å². The molecule has 0 radical (unpaired) electrons. The minimum absolute atomic E-state index is 1.20. The quantitative estimate of drug-likeness (QED) is 0.282. The van der Waals surface area contributed by atoms with Gasteiger partial charge in [-0.25, -0.2) is 0 Å². The van der Waals surface area contributed by atoms with Crippen LogP contribution in [0.25, 0.3) is 44.0 Å². The number of aromatic nitrogens is 2. The highest BCUT2D eigenvalue weighted by atomic mass is 15.1. The first kappa shape index (κ1) is 17.9. The van der Waals surface area contributed by atoms with Gasteiger partial charge in [-0.2, -0.15) is 9.13 Å². The first-order valence-corrected chi connectivity index (χ1v) is 10.7. The van der Waals surface area contributed by atoms with Crippen LogP contribution in [0.1, 0.15) is 11.1 Å². The van der Waals surface area contributed by atoms with Gasteiger partial charge in [0.2, 0.25) is 0 Å². The van der Waals surface area contributed by atoms with Gasteiger partial charge >= 0.3 is 0 Å². The number of hydrogen-bond donors (Lipinski definition) is 0. The highest BCUT2D eigenvalue weighted by Gasteiger charge is 2.24. The van der Waals surface area contributed by atoms with E-state index in [1.807, 2.05) is 0 Å². The van der Waals surface area contributed by atoms with E-state index in [1.165, 1.54) is 55.1 Å². The Morgan fingerprint density at radius 1 is 0.581 bits per heavy atom. The summed E-state index contributed by atoms with van der Waals surface area (Å²) in [6.07, 6.45) is 2.26. The molecule has 0 fully saturated rings. The van der Waals surface area contributed by atoms with Crippen molar-refractivity contribution >= 4 is 32.6 Å². The Kier molecular flexibility index (Phi) is 3.94. The Hall–Kier alpha value is -3.91. The van der Waals surface area contributed by atoms with Crippen molar-refractivity contribution in [3.05, 3.63) is 115 Å². The maximum atomic E-state index is 2.36. The summed E-state index contributed by atoms with van der Waals surface area (Å²) in [5, 5.41) is 5.02. The van der Waals surface area contributed by atoms with E-state index in [0.717, 1.165) is 0 Å². The van der Waals surface area contributed by atoms with E-state index < -0.39 is 0 Å². The monoisotopic (exact) mass is 399 g/mol. The van der Waals surface area contributed by atoms with Gasteiger partial charge in [0.15, 0.2) is 11.0 Å². The molecule has 31 heavy (non-hydrogen) atoms. The number of aryl methyl sites for hydroxylation is 2. The first-order chi connectivity index (χ1) is 15.2. The second-order valence-corrected chi connectivity index (χ2v) is 8.25. The fraction of sp³-hybridized carbons (Fsp3) is 0.0690. The Balaban J connectivity index is 1.77. The van der Waals surface area contributed by atoms with Crippen LogP contribution in [-0.4, -0.2) is 4.57 Å². The van der Waals surface area contributed by atoms with Crippen molar-refractivity contribution in [2.75, 3.05) is 0 Å². The highest BCUT2D eigenvalue weighted by Crippen LogP contribution is 2.30. The third-order valence-electron chi connectivity index (χ3n) is 6.32. The molecule has 5 aromatic carbocycles. The molecule has 6 aromatic rings. The van der Waals surface area contributed by atoms with Crippen LogP contribution in [0.15, 0.2) is 103 Å². The number of fused-ring (bicyclic) bond motifs is 3. The van der Waals surface area contributed by atoms with E-state index in [4.69, 9.17) is 0 Å². The first-order valence-electron chi connectivity index (χ1n) is 10.7. The number of hydrogen-bond acceptors (Lipinski definition) is 0. The molecule has 0 saturated carbocycles. The number of imidazole rings is 1. The van der Waals surface area contributed by atoms with Crippen molar-refractivity contribution in [2.45, 2.75) is 13.8 Å². The van der Waals surface area contributed by atoms with Gasteiger partial charge in [-0.15, -0.1) is 0 Å². The van der Waals surface area contributed by atoms with Gasteiger partial charge in [-0.1, -0.05) is 84.9 Å². The van der Waals surface area contributed by atoms with Crippen LogP contribution in [0.4, 0.5) is 0 Å². The summed E-state index contributed by atoms with van der Waals surface area (Å²) in [5.41, 5.74) is 7.46. The van der Waals surface area contributed by atoms with Crippen LogP contribution in [0.3, 0.4) is 0 Å². The Morgan fingerprint density at radius 2 is 1.19 bits per heavy atom. The lowest BCUT2D eigenvalue weighted by molar-refractivity contribution is -0.566. The molecule has 0 aliphatic carbocycles. The molecule has 1 heterocycles. The molecule has 2 heteroatoms. The molecule has 1 aromatic heterocycles. The molecule has 0 spiro atoms. The minimum atomic E-state index is 1.20. The molecular weight excluding hydrogens is 376 g/mol. The van der Waals surface area contributed by atoms with Gasteiger partial charge in [0.1, 0.15) is 11.4 Å². The van der Waals surface area contributed by atoms with Crippen LogP contribution in [-0.2, 0) is 0 Å². The lowest BCUT2D eigenvalue weighted by Gasteiger charge is -2.05. The second kappa shape index (κ2) is 6.82. The SMILES string of the molecule is Cc1ccc(C)c2c1n(-c1cccc3ccccc13)c[n+]2-c1cccc2ccccc12. The smallest absolute Gasteiger partial charge is 0.194 e. The summed E-state index contributed by atoms with van der Waals surface area (Å²) in [7, 11) is 0. The van der Waals surface area contributed by atoms with E-state index in [2.05, 4.69) is 126 Å². The van der Waals surface area contributed by atoms with Crippen molar-refractivity contribution in [1.29, 1.82) is 0 Å². The van der Waals surface area contributed by atoms with Gasteiger partial charge in [0.05, 0.1) is 0 Å². The Bertz CT molecular complexity index is 1470. The largest absolute Gasteiger partial charge is 0.255 e. The molecule has 2 nitrogen and oxygen atoms in total. The number of nitrogens with zero attached hydrogens (tertiary/aromatic N) is 2. The molecule has 0 aliphatic rings. The van der Waals surface area contributed by atoms with Crippen molar-refractivity contribution in [1.82, 2.24) is 4.57 Å². The van der Waals surface area contributed by atoms with Gasteiger partial charge in [-0.3, -0.25) is 0 Å². The Morgan fingerprint density at radius 3 is 2.00 bits per heavy atom. The maximum absolute atomic E-state index is 2.36. The molecule has 6 rings (SSSR count). The van der Waals surface area contributed by atoms with Gasteiger partial charge in [0.25, 0.3) is 6.33 Å². The maximum Gasteiger partial charge on any atom is 0.255 e. The summed E-state index contributed by atoms with van der Waals surface area (Å²) in [6, 6.07) is 34.8. The van der Waals surface area contributed by atoms with Crippen LogP contribution in [0.5, 0.6) is 0 Å². The molecule has 0 atom stereocenters. The number of benzene rings is 5. The highest BCUT2D eigenvalue weighted by molar-refractivity contribution is 5.93. The van der Waals surface area contributed by atoms with E-state index in [-0.39, 0.29) is 0 Å². The fourth-order valence-corrected chi connectivity index (χ4v) is 4.82. The van der Waals surface area contributed by atoms with Gasteiger partial charge in [0, 0.05) is 21.9 Å². The standard InChI is InChI=1S/C29H23N2/c1-20-17-18-21(2)29-28(20)30(26-15-7-11-22-9-3-5-13-24(22)26)19-31(29)27-16-8-12-23-10-4-6-14-25(23)27/h3-19H,1-2H3/q+1. The normalized spacial score (nSPS) is 11.5. The van der Waals surface area contributed by atoms with Crippen LogP contribution in [0.2, 0.25) is 0 Å². The van der Waals surface area contributed by atoms with E-state index in [0.29, 0.717) is 0 Å². The third-order valence-corrected chi connectivity index (χ3v) is 6.32. The minimum Gasteiger partial charge on any atom is -0.194 e. The predicted molar refractivity (Wildman–Crippen MR) is 129 cm³/mol. The van der Waals surface area contributed by atoms with E-state index >= 15 is 0 Å². The molecule has 148 valence electrons. The lowest BCUT2D eigenvalue weighted by atomic mass is 10.1. The zero-order chi connectivity index (χ0) is 20.9. The zero-order valence-corrected chi connectivity index (χ0v) is 17.7. The third kappa shape index (κ3) is 2.69. The molecule has 0 saturated heterocycles. The van der Waals surface area contributed by atoms with Crippen molar-refractivity contribution in [3.63, 3.8) is 0 Å². The molecule has 0 unspecified atom stereocenters. The molecule has 0 bridgehead atoms. The molecule has 0 amide bonds. The van der Waals surface area contributed by atoms with Crippen molar-refractivity contribution in [3.8, 4) is 11.4 Å². The summed E-state index contributed by atoms with van der Waals surface area (Å²) >= 11 is 0. The van der Waals surface area contributed by atoms with Crippen LogP contribution >= 0.6 is 0 Å². The van der Waals surface area contributed by atoms with Gasteiger partial charge < -0.3 is 0 Å². The molecular formula is C29H23N2+. The Labute approximate surface area is 181 Å². The van der Waals surface area contributed by atoms with Crippen LogP contribution in [0, 0.1) is 13.8 Å². The van der Waals surface area contributed by atoms with E-state index in [9.17, 15) is 0 Å². The average molecular weight is 400 g/mol. The summed E-state index contributed by atoms with van der Waals surface area (Å²) in [5.74, 6) is 0. The van der Waals surface area contributed by atoms with Crippen LogP contribution < -0.4 is 4.57 Å². The zero-order valence-electron chi connectivity index (χ0n) is 17.7. The summed E-state index contributed by atoms with van der Waals surface area (Å²) in [6.45, 7) is 4.41. The second-order valence-electron chi connectivity index (χ2n) is 8.25. The molecule has 0 aliphatic heterocycles. The van der Waals surface area contributed by atoms with E-state index in [1.54, 1.807) is 0 Å². The predicted octanol–water partition coefficient (Wildman–Crippen LogP) is 6.83. The lowest BCUT2D eigenvalue weighted by Crippen LogP contribution is -2.29. The van der Waals surface area contributed by atoms with Crippen molar-refractivity contribution in [2.24, 2.45) is 0 Å². The molecule has 0 N–H and O–H groups in total. The fourth-order valence-electron chi connectivity index (χ4n) is 4.82.